The van der Waals surface area contributed by atoms with Crippen LogP contribution in [0, 0.1) is 0 Å². The Morgan fingerprint density at radius 2 is 1.03 bits per heavy atom. The van der Waals surface area contributed by atoms with Crippen LogP contribution in [0.15, 0.2) is 206 Å². The monoisotopic (exact) mass is 739 g/mol. The molecule has 2 heterocycles. The van der Waals surface area contributed by atoms with Gasteiger partial charge in [0, 0.05) is 33.2 Å². The molecular weight excluding hydrogens is 703 g/mol. The maximum Gasteiger partial charge on any atom is 0.160 e. The minimum atomic E-state index is 0.702. The number of nitrogens with zero attached hydrogens (tertiary/aromatic N) is 3. The molecule has 8 aromatic carbocycles. The molecule has 0 fully saturated rings. The van der Waals surface area contributed by atoms with Gasteiger partial charge >= 0.3 is 0 Å². The lowest BCUT2D eigenvalue weighted by atomic mass is 9.88. The van der Waals surface area contributed by atoms with E-state index >= 15 is 0 Å². The molecule has 0 bridgehead atoms. The summed E-state index contributed by atoms with van der Waals surface area (Å²) in [5.41, 5.74) is 15.6. The van der Waals surface area contributed by atoms with Crippen LogP contribution in [0.5, 0.6) is 0 Å². The van der Waals surface area contributed by atoms with Crippen LogP contribution < -0.4 is 0 Å². The highest BCUT2D eigenvalue weighted by Crippen LogP contribution is 2.42. The van der Waals surface area contributed by atoms with Gasteiger partial charge in [-0.3, -0.25) is 0 Å². The smallest absolute Gasteiger partial charge is 0.160 e. The van der Waals surface area contributed by atoms with Gasteiger partial charge < -0.3 is 4.57 Å². The van der Waals surface area contributed by atoms with E-state index in [1.54, 1.807) is 0 Å². The Hall–Kier alpha value is -7.62. The number of hydrogen-bond donors (Lipinski definition) is 0. The molecule has 0 aliphatic heterocycles. The summed E-state index contributed by atoms with van der Waals surface area (Å²) in [6, 6.07) is 69.3. The molecule has 1 aliphatic carbocycles. The second-order valence-electron chi connectivity index (χ2n) is 14.8. The van der Waals surface area contributed by atoms with Gasteiger partial charge in [0.2, 0.25) is 0 Å². The van der Waals surface area contributed by atoms with E-state index in [-0.39, 0.29) is 0 Å². The van der Waals surface area contributed by atoms with Crippen molar-refractivity contribution in [2.24, 2.45) is 0 Å². The van der Waals surface area contributed by atoms with Crippen molar-refractivity contribution in [3.8, 4) is 50.7 Å². The fourth-order valence-corrected chi connectivity index (χ4v) is 8.80. The van der Waals surface area contributed by atoms with E-state index < -0.39 is 0 Å². The van der Waals surface area contributed by atoms with Gasteiger partial charge in [-0.2, -0.15) is 0 Å². The molecule has 0 amide bonds. The average Bonchev–Trinajstić information content (AvgIpc) is 3.46. The van der Waals surface area contributed by atoms with Crippen LogP contribution >= 0.6 is 0 Å². The zero-order valence-electron chi connectivity index (χ0n) is 31.8. The summed E-state index contributed by atoms with van der Waals surface area (Å²) in [4.78, 5) is 10.6. The fraction of sp³-hybridized carbons (Fsp3) is 0.0182. The van der Waals surface area contributed by atoms with Crippen LogP contribution in [0.2, 0.25) is 0 Å². The highest BCUT2D eigenvalue weighted by molar-refractivity contribution is 6.12. The third kappa shape index (κ3) is 5.75. The van der Waals surface area contributed by atoms with E-state index in [4.69, 9.17) is 9.97 Å². The highest BCUT2D eigenvalue weighted by atomic mass is 15.0. The standard InChI is InChI=1S/C55H37N3/c1-4-17-37(18-5-1)43-25-11-10-19-38-22-16-29-48(54(38)43)51-36-50(56-55(57-51)39-20-6-2-7-21-39)46-33-32-42(44-26-12-13-27-45(44)46)40-31-34-53-49(35-40)47-28-14-15-30-52(47)58(53)41-23-8-3-9-24-41/h1-10,12-36H,11H2. The SMILES string of the molecule is C1=Cc2cccc(-c3cc(-c4ccc(-c5ccc6c(c5)c5ccccc5n6-c5ccccc5)c5ccccc45)nc(-c4ccccc4)n3)c2C(c2ccccc2)=CC1. The Bertz CT molecular complexity index is 3230. The van der Waals surface area contributed by atoms with E-state index in [2.05, 4.69) is 211 Å². The molecule has 0 saturated carbocycles. The lowest BCUT2D eigenvalue weighted by Crippen LogP contribution is -2.00. The van der Waals surface area contributed by atoms with Crippen LogP contribution in [-0.2, 0) is 0 Å². The lowest BCUT2D eigenvalue weighted by molar-refractivity contribution is 1.18. The first-order chi connectivity index (χ1) is 28.8. The highest BCUT2D eigenvalue weighted by Gasteiger charge is 2.21. The van der Waals surface area contributed by atoms with Crippen molar-refractivity contribution in [2.45, 2.75) is 6.42 Å². The maximum atomic E-state index is 5.32. The molecule has 3 heteroatoms. The summed E-state index contributed by atoms with van der Waals surface area (Å²) in [5, 5.41) is 4.81. The first kappa shape index (κ1) is 33.7. The molecule has 0 N–H and O–H groups in total. The molecule has 0 unspecified atom stereocenters. The summed E-state index contributed by atoms with van der Waals surface area (Å²) in [5.74, 6) is 0.702. The van der Waals surface area contributed by atoms with Crippen molar-refractivity contribution in [1.29, 1.82) is 0 Å². The topological polar surface area (TPSA) is 30.7 Å². The number of fused-ring (bicyclic) bond motifs is 5. The minimum absolute atomic E-state index is 0.702. The van der Waals surface area contributed by atoms with E-state index in [9.17, 15) is 0 Å². The molecule has 1 aliphatic rings. The maximum absolute atomic E-state index is 5.32. The number of benzene rings is 8. The third-order valence-electron chi connectivity index (χ3n) is 11.4. The second kappa shape index (κ2) is 14.1. The van der Waals surface area contributed by atoms with Crippen LogP contribution in [-0.4, -0.2) is 14.5 Å². The van der Waals surface area contributed by atoms with Crippen molar-refractivity contribution < 1.29 is 0 Å². The van der Waals surface area contributed by atoms with Crippen molar-refractivity contribution in [2.75, 3.05) is 0 Å². The van der Waals surface area contributed by atoms with E-state index in [1.807, 2.05) is 6.07 Å². The van der Waals surface area contributed by atoms with Crippen molar-refractivity contribution >= 4 is 44.2 Å². The molecule has 0 saturated heterocycles. The van der Waals surface area contributed by atoms with Crippen LogP contribution in [0.25, 0.3) is 94.9 Å². The zero-order valence-corrected chi connectivity index (χ0v) is 31.8. The van der Waals surface area contributed by atoms with Crippen molar-refractivity contribution in [3.05, 3.63) is 223 Å². The molecule has 0 spiro atoms. The molecule has 58 heavy (non-hydrogen) atoms. The van der Waals surface area contributed by atoms with E-state index in [1.165, 1.54) is 60.6 Å². The van der Waals surface area contributed by atoms with Crippen LogP contribution in [0.1, 0.15) is 23.1 Å². The molecule has 10 aromatic rings. The summed E-state index contributed by atoms with van der Waals surface area (Å²) in [6.07, 6.45) is 7.69. The van der Waals surface area contributed by atoms with Gasteiger partial charge in [0.05, 0.1) is 22.4 Å². The van der Waals surface area contributed by atoms with Crippen molar-refractivity contribution in [1.82, 2.24) is 14.5 Å². The first-order valence-electron chi connectivity index (χ1n) is 19.9. The number of rotatable bonds is 6. The predicted molar refractivity (Wildman–Crippen MR) is 243 cm³/mol. The first-order valence-corrected chi connectivity index (χ1v) is 19.9. The predicted octanol–water partition coefficient (Wildman–Crippen LogP) is 14.2. The van der Waals surface area contributed by atoms with Crippen LogP contribution in [0.4, 0.5) is 0 Å². The molecule has 0 atom stereocenters. The number of aromatic nitrogens is 3. The molecular formula is C55H37N3. The van der Waals surface area contributed by atoms with Gasteiger partial charge in [-0.1, -0.05) is 176 Å². The Balaban J connectivity index is 1.10. The molecule has 272 valence electrons. The Labute approximate surface area is 337 Å². The summed E-state index contributed by atoms with van der Waals surface area (Å²) >= 11 is 0. The normalized spacial score (nSPS) is 12.4. The molecule has 0 radical (unpaired) electrons. The second-order valence-corrected chi connectivity index (χ2v) is 14.8. The van der Waals surface area contributed by atoms with Gasteiger partial charge in [0.15, 0.2) is 5.82 Å². The van der Waals surface area contributed by atoms with Gasteiger partial charge in [0.25, 0.3) is 0 Å². The van der Waals surface area contributed by atoms with Gasteiger partial charge in [-0.15, -0.1) is 0 Å². The Kier molecular flexibility index (Phi) is 8.22. The average molecular weight is 740 g/mol. The van der Waals surface area contributed by atoms with Gasteiger partial charge in [-0.25, -0.2) is 9.97 Å². The molecule has 2 aromatic heterocycles. The summed E-state index contributed by atoms with van der Waals surface area (Å²) in [6.45, 7) is 0. The third-order valence-corrected chi connectivity index (χ3v) is 11.4. The van der Waals surface area contributed by atoms with E-state index in [0.29, 0.717) is 5.82 Å². The zero-order chi connectivity index (χ0) is 38.4. The number of allylic oxidation sites excluding steroid dienone is 2. The van der Waals surface area contributed by atoms with Gasteiger partial charge in [-0.05, 0) is 87.0 Å². The summed E-state index contributed by atoms with van der Waals surface area (Å²) < 4.78 is 2.37. The van der Waals surface area contributed by atoms with Crippen LogP contribution in [0.3, 0.4) is 0 Å². The Morgan fingerprint density at radius 1 is 0.414 bits per heavy atom. The van der Waals surface area contributed by atoms with Gasteiger partial charge in [0.1, 0.15) is 0 Å². The van der Waals surface area contributed by atoms with Crippen molar-refractivity contribution in [3.63, 3.8) is 0 Å². The summed E-state index contributed by atoms with van der Waals surface area (Å²) in [7, 11) is 0. The molecule has 11 rings (SSSR count). The fourth-order valence-electron chi connectivity index (χ4n) is 8.80. The number of para-hydroxylation sites is 2. The lowest BCUT2D eigenvalue weighted by Gasteiger charge is -2.18. The largest absolute Gasteiger partial charge is 0.309 e. The number of hydrogen-bond acceptors (Lipinski definition) is 2. The Morgan fingerprint density at radius 3 is 1.81 bits per heavy atom. The molecule has 3 nitrogen and oxygen atoms in total. The quantitative estimate of drug-likeness (QED) is 0.170. The minimum Gasteiger partial charge on any atom is -0.309 e. The van der Waals surface area contributed by atoms with E-state index in [0.717, 1.165) is 45.6 Å².